The number of nitrogens with zero attached hydrogens (tertiary/aromatic N) is 2. The summed E-state index contributed by atoms with van der Waals surface area (Å²) >= 11 is 0. The minimum atomic E-state index is -0.963. The van der Waals surface area contributed by atoms with Crippen molar-refractivity contribution >= 4 is 6.09 Å². The van der Waals surface area contributed by atoms with Gasteiger partial charge in [0.2, 0.25) is 0 Å². The number of likely N-dealkylation sites (tertiary alicyclic amines) is 2. The average Bonchev–Trinajstić information content (AvgIpc) is 3.15. The molecule has 126 valence electrons. The van der Waals surface area contributed by atoms with Crippen LogP contribution in [0.25, 0.3) is 0 Å². The zero-order valence-corrected chi connectivity index (χ0v) is 14.1. The van der Waals surface area contributed by atoms with Crippen molar-refractivity contribution in [2.45, 2.75) is 70.7 Å². The average molecular weight is 312 g/mol. The summed E-state index contributed by atoms with van der Waals surface area (Å²) in [5.41, 5.74) is -0.00869. The molecule has 0 aromatic heterocycles. The number of ether oxygens (including phenoxy) is 1. The minimum Gasteiger partial charge on any atom is -0.444 e. The Morgan fingerprint density at radius 2 is 1.95 bits per heavy atom. The summed E-state index contributed by atoms with van der Waals surface area (Å²) in [6.07, 6.45) is 4.52. The molecule has 2 heterocycles. The molecule has 1 amide bonds. The molecule has 0 bridgehead atoms. The Labute approximate surface area is 133 Å². The first-order valence-corrected chi connectivity index (χ1v) is 8.64. The summed E-state index contributed by atoms with van der Waals surface area (Å²) in [6.45, 7) is 8.37. The van der Waals surface area contributed by atoms with E-state index in [0.717, 1.165) is 19.5 Å². The first-order chi connectivity index (χ1) is 10.3. The van der Waals surface area contributed by atoms with Gasteiger partial charge in [-0.05, 0) is 64.8 Å². The van der Waals surface area contributed by atoms with Crippen molar-refractivity contribution in [2.75, 3.05) is 26.2 Å². The topological polar surface area (TPSA) is 32.8 Å². The van der Waals surface area contributed by atoms with Crippen LogP contribution in [0.4, 0.5) is 9.18 Å². The molecule has 4 nitrogen and oxygen atoms in total. The van der Waals surface area contributed by atoms with Crippen LogP contribution in [-0.4, -0.2) is 59.9 Å². The molecule has 2 atom stereocenters. The Bertz CT molecular complexity index is 431. The lowest BCUT2D eigenvalue weighted by Gasteiger charge is -2.44. The van der Waals surface area contributed by atoms with Crippen LogP contribution in [0.2, 0.25) is 0 Å². The molecule has 2 unspecified atom stereocenters. The summed E-state index contributed by atoms with van der Waals surface area (Å²) in [4.78, 5) is 16.0. The van der Waals surface area contributed by atoms with Gasteiger partial charge in [-0.1, -0.05) is 0 Å². The summed E-state index contributed by atoms with van der Waals surface area (Å²) < 4.78 is 20.0. The molecule has 3 rings (SSSR count). The van der Waals surface area contributed by atoms with Gasteiger partial charge in [-0.15, -0.1) is 0 Å². The number of hydrogen-bond donors (Lipinski definition) is 0. The summed E-state index contributed by atoms with van der Waals surface area (Å²) in [5.74, 6) is 0. The van der Waals surface area contributed by atoms with E-state index in [4.69, 9.17) is 4.74 Å². The van der Waals surface area contributed by atoms with Crippen LogP contribution in [0.15, 0.2) is 0 Å². The van der Waals surface area contributed by atoms with Gasteiger partial charge < -0.3 is 9.64 Å². The largest absolute Gasteiger partial charge is 0.444 e. The molecule has 1 spiro atoms. The number of amides is 1. The van der Waals surface area contributed by atoms with Gasteiger partial charge in [0.1, 0.15) is 11.8 Å². The minimum absolute atomic E-state index is 0.0172. The van der Waals surface area contributed by atoms with Crippen molar-refractivity contribution in [3.8, 4) is 0 Å². The second-order valence-corrected chi connectivity index (χ2v) is 8.37. The lowest BCUT2D eigenvalue weighted by Crippen LogP contribution is -2.56. The van der Waals surface area contributed by atoms with Gasteiger partial charge in [0.15, 0.2) is 0 Å². The van der Waals surface area contributed by atoms with E-state index in [-0.39, 0.29) is 18.7 Å². The fraction of sp³-hybridized carbons (Fsp3) is 0.941. The van der Waals surface area contributed by atoms with Crippen LogP contribution in [0.5, 0.6) is 0 Å². The number of carbonyl (C=O) groups excluding carboxylic acids is 1. The monoisotopic (exact) mass is 312 g/mol. The molecule has 2 saturated heterocycles. The van der Waals surface area contributed by atoms with Crippen molar-refractivity contribution in [2.24, 2.45) is 5.41 Å². The standard InChI is InChI=1S/C17H29FN2O2/c1-16(2,3)22-15(21)19-10-5-14(13(18)11-19)20-9-4-6-17(12-20)7-8-17/h13-14H,4-12H2,1-3H3. The van der Waals surface area contributed by atoms with Crippen LogP contribution < -0.4 is 0 Å². The van der Waals surface area contributed by atoms with Crippen LogP contribution in [0, 0.1) is 5.41 Å². The van der Waals surface area contributed by atoms with E-state index in [9.17, 15) is 9.18 Å². The van der Waals surface area contributed by atoms with Crippen LogP contribution in [0.3, 0.4) is 0 Å². The lowest BCUT2D eigenvalue weighted by molar-refractivity contribution is -0.0144. The Hall–Kier alpha value is -0.840. The number of alkyl halides is 1. The Kier molecular flexibility index (Phi) is 4.12. The second kappa shape index (κ2) is 5.66. The molecule has 0 radical (unpaired) electrons. The molecule has 22 heavy (non-hydrogen) atoms. The number of carbonyl (C=O) groups is 1. The zero-order valence-electron chi connectivity index (χ0n) is 14.1. The van der Waals surface area contributed by atoms with Crippen LogP contribution >= 0.6 is 0 Å². The third-order valence-electron chi connectivity index (χ3n) is 5.28. The molecule has 0 aromatic rings. The molecule has 1 saturated carbocycles. The van der Waals surface area contributed by atoms with Crippen molar-refractivity contribution in [3.63, 3.8) is 0 Å². The van der Waals surface area contributed by atoms with Crippen LogP contribution in [-0.2, 0) is 4.74 Å². The number of rotatable bonds is 1. The molecule has 0 aromatic carbocycles. The Balaban J connectivity index is 1.55. The van der Waals surface area contributed by atoms with E-state index in [1.54, 1.807) is 0 Å². The Morgan fingerprint density at radius 1 is 1.23 bits per heavy atom. The maximum absolute atomic E-state index is 14.7. The molecular formula is C17H29FN2O2. The predicted molar refractivity (Wildman–Crippen MR) is 83.6 cm³/mol. The van der Waals surface area contributed by atoms with E-state index in [0.29, 0.717) is 12.0 Å². The number of halogens is 1. The van der Waals surface area contributed by atoms with E-state index in [1.165, 1.54) is 30.6 Å². The number of hydrogen-bond acceptors (Lipinski definition) is 3. The second-order valence-electron chi connectivity index (χ2n) is 8.37. The molecule has 5 heteroatoms. The van der Waals surface area contributed by atoms with E-state index in [2.05, 4.69) is 4.90 Å². The van der Waals surface area contributed by atoms with Crippen molar-refractivity contribution < 1.29 is 13.9 Å². The van der Waals surface area contributed by atoms with Crippen LogP contribution in [0.1, 0.15) is 52.9 Å². The van der Waals surface area contributed by atoms with E-state index < -0.39 is 11.8 Å². The van der Waals surface area contributed by atoms with Gasteiger partial charge in [0.25, 0.3) is 0 Å². The quantitative estimate of drug-likeness (QED) is 0.745. The van der Waals surface area contributed by atoms with Gasteiger partial charge >= 0.3 is 6.09 Å². The molecule has 1 aliphatic carbocycles. The highest BCUT2D eigenvalue weighted by Gasteiger charge is 2.48. The normalized spacial score (nSPS) is 32.1. The predicted octanol–water partition coefficient (Wildman–Crippen LogP) is 3.21. The van der Waals surface area contributed by atoms with Gasteiger partial charge in [-0.2, -0.15) is 0 Å². The van der Waals surface area contributed by atoms with Gasteiger partial charge in [-0.25, -0.2) is 9.18 Å². The maximum atomic E-state index is 14.7. The van der Waals surface area contributed by atoms with Crippen molar-refractivity contribution in [1.82, 2.24) is 9.80 Å². The first kappa shape index (κ1) is 16.0. The van der Waals surface area contributed by atoms with E-state index in [1.807, 2.05) is 20.8 Å². The highest BCUT2D eigenvalue weighted by atomic mass is 19.1. The van der Waals surface area contributed by atoms with Gasteiger partial charge in [0, 0.05) is 19.1 Å². The summed E-state index contributed by atoms with van der Waals surface area (Å²) in [7, 11) is 0. The smallest absolute Gasteiger partial charge is 0.410 e. The zero-order chi connectivity index (χ0) is 16.0. The molecule has 3 aliphatic rings. The first-order valence-electron chi connectivity index (χ1n) is 8.64. The SMILES string of the molecule is CC(C)(C)OC(=O)N1CCC(N2CCCC3(CC3)C2)C(F)C1. The van der Waals surface area contributed by atoms with Gasteiger partial charge in [0.05, 0.1) is 6.54 Å². The fourth-order valence-corrected chi connectivity index (χ4v) is 3.91. The number of piperidine rings is 2. The third-order valence-corrected chi connectivity index (χ3v) is 5.28. The maximum Gasteiger partial charge on any atom is 0.410 e. The Morgan fingerprint density at radius 3 is 2.55 bits per heavy atom. The molecule has 2 aliphatic heterocycles. The van der Waals surface area contributed by atoms with Gasteiger partial charge in [-0.3, -0.25) is 4.90 Å². The summed E-state index contributed by atoms with van der Waals surface area (Å²) in [5, 5.41) is 0. The molecular weight excluding hydrogens is 283 g/mol. The molecule has 3 fully saturated rings. The highest BCUT2D eigenvalue weighted by molar-refractivity contribution is 5.68. The van der Waals surface area contributed by atoms with Crippen molar-refractivity contribution in [1.29, 1.82) is 0 Å². The fourth-order valence-electron chi connectivity index (χ4n) is 3.91. The lowest BCUT2D eigenvalue weighted by atomic mass is 9.91. The highest BCUT2D eigenvalue weighted by Crippen LogP contribution is 2.52. The molecule has 0 N–H and O–H groups in total. The van der Waals surface area contributed by atoms with E-state index >= 15 is 0 Å². The van der Waals surface area contributed by atoms with Crippen molar-refractivity contribution in [3.05, 3.63) is 0 Å². The summed E-state index contributed by atoms with van der Waals surface area (Å²) in [6, 6.07) is -0.0172. The third kappa shape index (κ3) is 3.55.